The van der Waals surface area contributed by atoms with Crippen LogP contribution in [0.25, 0.3) is 0 Å². The van der Waals surface area contributed by atoms with E-state index in [1.54, 1.807) is 24.3 Å². The van der Waals surface area contributed by atoms with Gasteiger partial charge in [0.05, 0.1) is 5.56 Å². The van der Waals surface area contributed by atoms with Crippen molar-refractivity contribution in [3.63, 3.8) is 0 Å². The van der Waals surface area contributed by atoms with E-state index in [9.17, 15) is 9.59 Å². The number of carbonyl (C=O) groups is 2. The first kappa shape index (κ1) is 18.7. The van der Waals surface area contributed by atoms with Gasteiger partial charge in [-0.05, 0) is 49.9 Å². The summed E-state index contributed by atoms with van der Waals surface area (Å²) in [6, 6.07) is 7.56. The van der Waals surface area contributed by atoms with E-state index in [0.29, 0.717) is 25.2 Å². The van der Waals surface area contributed by atoms with E-state index in [-0.39, 0.29) is 11.6 Å². The molecule has 6 nitrogen and oxygen atoms in total. The number of hydrogen-bond donors (Lipinski definition) is 3. The predicted molar refractivity (Wildman–Crippen MR) is 100 cm³/mol. The molecule has 1 aliphatic carbocycles. The zero-order valence-corrected chi connectivity index (χ0v) is 15.2. The van der Waals surface area contributed by atoms with Gasteiger partial charge in [-0.1, -0.05) is 31.4 Å². The summed E-state index contributed by atoms with van der Waals surface area (Å²) in [5.41, 5.74) is 1.14. The molecule has 1 atom stereocenters. The number of carboxylic acids is 1. The molecular weight excluding hydrogens is 330 g/mol. The van der Waals surface area contributed by atoms with Gasteiger partial charge < -0.3 is 15.7 Å². The van der Waals surface area contributed by atoms with Crippen LogP contribution in [0.2, 0.25) is 0 Å². The Kier molecular flexibility index (Phi) is 6.50. The fourth-order valence-electron chi connectivity index (χ4n) is 4.19. The minimum absolute atomic E-state index is 0.164. The summed E-state index contributed by atoms with van der Waals surface area (Å²) in [5.74, 6) is -0.943. The van der Waals surface area contributed by atoms with E-state index in [1.807, 2.05) is 0 Å². The number of nitrogens with zero attached hydrogens (tertiary/aromatic N) is 1. The maximum absolute atomic E-state index is 12.1. The fraction of sp³-hybridized carbons (Fsp3) is 0.600. The number of nitrogens with one attached hydrogen (secondary N) is 2. The standard InChI is InChI=1S/C20H29N3O3/c24-19(25)16-10-8-15(9-11-16)13-21-20(26)22-14-18-7-4-12-23(18)17-5-2-1-3-6-17/h8-11,17-18H,1-7,12-14H2,(H,24,25)(H2,21,22,26). The number of carbonyl (C=O) groups excluding carboxylic acids is 1. The monoisotopic (exact) mass is 359 g/mol. The van der Waals surface area contributed by atoms with Gasteiger partial charge in [-0.25, -0.2) is 9.59 Å². The highest BCUT2D eigenvalue weighted by molar-refractivity contribution is 5.87. The molecule has 0 spiro atoms. The molecule has 6 heteroatoms. The van der Waals surface area contributed by atoms with Crippen LogP contribution < -0.4 is 10.6 Å². The molecule has 0 aromatic heterocycles. The molecule has 1 aromatic rings. The lowest BCUT2D eigenvalue weighted by Gasteiger charge is -2.35. The minimum atomic E-state index is -0.943. The molecule has 0 bridgehead atoms. The summed E-state index contributed by atoms with van der Waals surface area (Å²) < 4.78 is 0. The smallest absolute Gasteiger partial charge is 0.335 e. The summed E-state index contributed by atoms with van der Waals surface area (Å²) >= 11 is 0. The lowest BCUT2D eigenvalue weighted by molar-refractivity contribution is 0.0697. The van der Waals surface area contributed by atoms with E-state index in [4.69, 9.17) is 5.11 Å². The van der Waals surface area contributed by atoms with Gasteiger partial charge in [-0.15, -0.1) is 0 Å². The van der Waals surface area contributed by atoms with Crippen molar-refractivity contribution >= 4 is 12.0 Å². The van der Waals surface area contributed by atoms with Crippen LogP contribution >= 0.6 is 0 Å². The van der Waals surface area contributed by atoms with Crippen LogP contribution in [0.1, 0.15) is 60.9 Å². The first-order valence-electron chi connectivity index (χ1n) is 9.73. The van der Waals surface area contributed by atoms with Crippen molar-refractivity contribution in [3.8, 4) is 0 Å². The predicted octanol–water partition coefficient (Wildman–Crippen LogP) is 2.98. The summed E-state index contributed by atoms with van der Waals surface area (Å²) in [4.78, 5) is 25.6. The second kappa shape index (κ2) is 9.03. The minimum Gasteiger partial charge on any atom is -0.478 e. The number of aromatic carboxylic acids is 1. The first-order chi connectivity index (χ1) is 12.6. The third kappa shape index (κ3) is 4.97. The number of benzene rings is 1. The van der Waals surface area contributed by atoms with Gasteiger partial charge >= 0.3 is 12.0 Å². The highest BCUT2D eigenvalue weighted by Crippen LogP contribution is 2.28. The van der Waals surface area contributed by atoms with Crippen LogP contribution in [-0.4, -0.2) is 47.2 Å². The van der Waals surface area contributed by atoms with Gasteiger partial charge in [0.1, 0.15) is 0 Å². The van der Waals surface area contributed by atoms with Crippen molar-refractivity contribution < 1.29 is 14.7 Å². The van der Waals surface area contributed by atoms with Crippen molar-refractivity contribution in [2.75, 3.05) is 13.1 Å². The SMILES string of the molecule is O=C(NCc1ccc(C(=O)O)cc1)NCC1CCCN1C1CCCCC1. The molecule has 1 aromatic carbocycles. The molecule has 1 unspecified atom stereocenters. The van der Waals surface area contributed by atoms with Gasteiger partial charge in [0.15, 0.2) is 0 Å². The first-order valence-corrected chi connectivity index (χ1v) is 9.73. The molecule has 1 aliphatic heterocycles. The lowest BCUT2D eigenvalue weighted by Crippen LogP contribution is -2.47. The molecule has 26 heavy (non-hydrogen) atoms. The average molecular weight is 359 g/mol. The quantitative estimate of drug-likeness (QED) is 0.729. The Labute approximate surface area is 155 Å². The fourth-order valence-corrected chi connectivity index (χ4v) is 4.19. The third-order valence-corrected chi connectivity index (χ3v) is 5.62. The highest BCUT2D eigenvalue weighted by Gasteiger charge is 2.31. The molecule has 3 rings (SSSR count). The normalized spacial score (nSPS) is 21.5. The van der Waals surface area contributed by atoms with Gasteiger partial charge in [0.2, 0.25) is 0 Å². The highest BCUT2D eigenvalue weighted by atomic mass is 16.4. The number of likely N-dealkylation sites (tertiary alicyclic amines) is 1. The topological polar surface area (TPSA) is 81.7 Å². The van der Waals surface area contributed by atoms with E-state index in [0.717, 1.165) is 18.5 Å². The second-order valence-electron chi connectivity index (χ2n) is 7.39. The Morgan fingerprint density at radius 1 is 1.00 bits per heavy atom. The van der Waals surface area contributed by atoms with Gasteiger partial charge in [0.25, 0.3) is 0 Å². The molecule has 2 fully saturated rings. The molecular formula is C20H29N3O3. The van der Waals surface area contributed by atoms with Crippen LogP contribution in [0, 0.1) is 0 Å². The van der Waals surface area contributed by atoms with Crippen molar-refractivity contribution in [1.82, 2.24) is 15.5 Å². The Balaban J connectivity index is 1.41. The molecule has 1 heterocycles. The maximum atomic E-state index is 12.1. The lowest BCUT2D eigenvalue weighted by atomic mass is 9.94. The van der Waals surface area contributed by atoms with Crippen LogP contribution in [0.5, 0.6) is 0 Å². The van der Waals surface area contributed by atoms with Crippen LogP contribution in [-0.2, 0) is 6.54 Å². The molecule has 2 aliphatic rings. The number of rotatable bonds is 6. The van der Waals surface area contributed by atoms with Crippen molar-refractivity contribution in [2.45, 2.75) is 63.6 Å². The zero-order valence-electron chi connectivity index (χ0n) is 15.2. The van der Waals surface area contributed by atoms with E-state index >= 15 is 0 Å². The molecule has 1 saturated heterocycles. The van der Waals surface area contributed by atoms with Gasteiger partial charge in [0, 0.05) is 25.2 Å². The molecule has 142 valence electrons. The van der Waals surface area contributed by atoms with Crippen LogP contribution in [0.3, 0.4) is 0 Å². The number of carboxylic acid groups (broad SMARTS) is 1. The number of amides is 2. The number of urea groups is 1. The molecule has 3 N–H and O–H groups in total. The second-order valence-corrected chi connectivity index (χ2v) is 7.39. The Bertz CT molecular complexity index is 611. The maximum Gasteiger partial charge on any atom is 0.335 e. The zero-order chi connectivity index (χ0) is 18.4. The largest absolute Gasteiger partial charge is 0.478 e. The summed E-state index contributed by atoms with van der Waals surface area (Å²) in [5, 5.41) is 14.8. The van der Waals surface area contributed by atoms with Crippen molar-refractivity contribution in [2.24, 2.45) is 0 Å². The van der Waals surface area contributed by atoms with Crippen molar-refractivity contribution in [3.05, 3.63) is 35.4 Å². The van der Waals surface area contributed by atoms with E-state index in [1.165, 1.54) is 38.5 Å². The van der Waals surface area contributed by atoms with Gasteiger partial charge in [-0.2, -0.15) is 0 Å². The molecule has 1 saturated carbocycles. The van der Waals surface area contributed by atoms with Gasteiger partial charge in [-0.3, -0.25) is 4.90 Å². The van der Waals surface area contributed by atoms with E-state index < -0.39 is 5.97 Å². The summed E-state index contributed by atoms with van der Waals surface area (Å²) in [7, 11) is 0. The third-order valence-electron chi connectivity index (χ3n) is 5.62. The van der Waals surface area contributed by atoms with Crippen molar-refractivity contribution in [1.29, 1.82) is 0 Å². The molecule has 0 radical (unpaired) electrons. The summed E-state index contributed by atoms with van der Waals surface area (Å²) in [6.07, 6.45) is 9.02. The van der Waals surface area contributed by atoms with Crippen LogP contribution in [0.15, 0.2) is 24.3 Å². The Morgan fingerprint density at radius 2 is 1.73 bits per heavy atom. The van der Waals surface area contributed by atoms with E-state index in [2.05, 4.69) is 15.5 Å². The average Bonchev–Trinajstić information content (AvgIpc) is 3.14. The molecule has 2 amide bonds. The Hall–Kier alpha value is -2.08. The summed E-state index contributed by atoms with van der Waals surface area (Å²) in [6.45, 7) is 2.25. The Morgan fingerprint density at radius 3 is 2.42 bits per heavy atom. The van der Waals surface area contributed by atoms with Crippen LogP contribution in [0.4, 0.5) is 4.79 Å². The number of hydrogen-bond acceptors (Lipinski definition) is 3.